The molecule has 1 aliphatic rings. The van der Waals surface area contributed by atoms with E-state index in [2.05, 4.69) is 9.97 Å². The zero-order valence-electron chi connectivity index (χ0n) is 15.2. The van der Waals surface area contributed by atoms with E-state index in [9.17, 15) is 13.2 Å². The van der Waals surface area contributed by atoms with Crippen molar-refractivity contribution in [3.05, 3.63) is 37.9 Å². The molecule has 148 valence electrons. The molecule has 2 heterocycles. The second-order valence-corrected chi connectivity index (χ2v) is 9.65. The molecule has 28 heavy (non-hydrogen) atoms. The predicted octanol–water partition coefficient (Wildman–Crippen LogP) is 3.53. The summed E-state index contributed by atoms with van der Waals surface area (Å²) < 4.78 is 33.1. The molecule has 0 saturated heterocycles. The summed E-state index contributed by atoms with van der Waals surface area (Å²) in [5, 5.41) is 0.700. The number of methoxy groups -OCH3 is 1. The topological polar surface area (TPSA) is 98.3 Å². The number of rotatable bonds is 4. The van der Waals surface area contributed by atoms with E-state index in [1.54, 1.807) is 11.3 Å². The highest BCUT2D eigenvalue weighted by molar-refractivity contribution is 7.86. The normalized spacial score (nSPS) is 14.1. The zero-order valence-corrected chi connectivity index (χ0v) is 17.6. The maximum absolute atomic E-state index is 12.7. The van der Waals surface area contributed by atoms with Crippen LogP contribution >= 0.6 is 22.9 Å². The molecule has 10 heteroatoms. The summed E-state index contributed by atoms with van der Waals surface area (Å²) in [6, 6.07) is 3.02. The highest BCUT2D eigenvalue weighted by Gasteiger charge is 2.22. The molecular formula is C18H17ClN2O5S2. The summed E-state index contributed by atoms with van der Waals surface area (Å²) in [5.74, 6) is 0.355. The van der Waals surface area contributed by atoms with E-state index in [0.717, 1.165) is 37.5 Å². The number of thiophene rings is 1. The third kappa shape index (κ3) is 3.49. The third-order valence-corrected chi connectivity index (χ3v) is 6.50. The van der Waals surface area contributed by atoms with Gasteiger partial charge in [0.25, 0.3) is 5.56 Å². The van der Waals surface area contributed by atoms with Crippen molar-refractivity contribution in [1.29, 1.82) is 0 Å². The van der Waals surface area contributed by atoms with Crippen molar-refractivity contribution < 1.29 is 17.3 Å². The highest BCUT2D eigenvalue weighted by Crippen LogP contribution is 2.40. The summed E-state index contributed by atoms with van der Waals surface area (Å²) in [6.45, 7) is 0. The lowest BCUT2D eigenvalue weighted by Crippen LogP contribution is -2.11. The number of hydrogen-bond donors (Lipinski definition) is 1. The predicted molar refractivity (Wildman–Crippen MR) is 109 cm³/mol. The summed E-state index contributed by atoms with van der Waals surface area (Å²) in [7, 11) is -2.41. The molecular weight excluding hydrogens is 424 g/mol. The number of halogens is 1. The van der Waals surface area contributed by atoms with Crippen LogP contribution in [0.25, 0.3) is 21.6 Å². The van der Waals surface area contributed by atoms with Gasteiger partial charge in [-0.3, -0.25) is 4.79 Å². The van der Waals surface area contributed by atoms with Crippen LogP contribution in [0.4, 0.5) is 0 Å². The number of ether oxygens (including phenoxy) is 1. The van der Waals surface area contributed by atoms with E-state index in [4.69, 9.17) is 20.5 Å². The molecule has 0 bridgehead atoms. The van der Waals surface area contributed by atoms with Crippen LogP contribution in [0.5, 0.6) is 11.5 Å². The first kappa shape index (κ1) is 19.2. The van der Waals surface area contributed by atoms with Crippen molar-refractivity contribution in [2.24, 2.45) is 0 Å². The SMILES string of the molecule is COc1cc(-c2nc3sc4c(c3c(=O)[nH]2)CCCC4)cc(Cl)c1OS(C)(=O)=O. The lowest BCUT2D eigenvalue weighted by atomic mass is 9.97. The zero-order chi connectivity index (χ0) is 20.1. The molecule has 0 fully saturated rings. The van der Waals surface area contributed by atoms with Gasteiger partial charge in [0.05, 0.1) is 23.8 Å². The van der Waals surface area contributed by atoms with Crippen LogP contribution in [0.1, 0.15) is 23.3 Å². The molecule has 4 rings (SSSR count). The Balaban J connectivity index is 1.86. The largest absolute Gasteiger partial charge is 0.493 e. The van der Waals surface area contributed by atoms with Gasteiger partial charge >= 0.3 is 10.1 Å². The number of fused-ring (bicyclic) bond motifs is 3. The van der Waals surface area contributed by atoms with Crippen LogP contribution in [0.15, 0.2) is 16.9 Å². The Bertz CT molecular complexity index is 1250. The van der Waals surface area contributed by atoms with Crippen molar-refractivity contribution in [3.8, 4) is 22.9 Å². The number of nitrogens with zero attached hydrogens (tertiary/aromatic N) is 1. The van der Waals surface area contributed by atoms with Gasteiger partial charge in [-0.05, 0) is 43.4 Å². The summed E-state index contributed by atoms with van der Waals surface area (Å²) in [5.41, 5.74) is 1.41. The number of aryl methyl sites for hydroxylation is 2. The monoisotopic (exact) mass is 440 g/mol. The standard InChI is InChI=1S/C18H17ClN2O5S2/c1-25-12-8-9(7-11(19)15(12)26-28(2,23)24)16-20-17(22)14-10-5-3-4-6-13(10)27-18(14)21-16/h7-8H,3-6H2,1-2H3,(H,20,21,22). The maximum atomic E-state index is 12.7. The minimum absolute atomic E-state index is 0.0352. The van der Waals surface area contributed by atoms with Gasteiger partial charge in [0.2, 0.25) is 5.75 Å². The molecule has 2 aromatic heterocycles. The Morgan fingerprint density at radius 3 is 2.71 bits per heavy atom. The fourth-order valence-electron chi connectivity index (χ4n) is 3.39. The van der Waals surface area contributed by atoms with Crippen molar-refractivity contribution in [2.75, 3.05) is 13.4 Å². The lowest BCUT2D eigenvalue weighted by Gasteiger charge is -2.12. The number of aromatic nitrogens is 2. The molecule has 0 spiro atoms. The minimum atomic E-state index is -3.78. The Morgan fingerprint density at radius 1 is 1.25 bits per heavy atom. The van der Waals surface area contributed by atoms with Crippen LogP contribution in [-0.2, 0) is 23.0 Å². The van der Waals surface area contributed by atoms with E-state index >= 15 is 0 Å². The number of hydrogen-bond acceptors (Lipinski definition) is 7. The van der Waals surface area contributed by atoms with Crippen molar-refractivity contribution in [1.82, 2.24) is 9.97 Å². The lowest BCUT2D eigenvalue weighted by molar-refractivity contribution is 0.392. The molecule has 1 aliphatic carbocycles. The van der Waals surface area contributed by atoms with E-state index in [1.807, 2.05) is 0 Å². The highest BCUT2D eigenvalue weighted by atomic mass is 35.5. The molecule has 0 aliphatic heterocycles. The maximum Gasteiger partial charge on any atom is 0.306 e. The molecule has 0 amide bonds. The van der Waals surface area contributed by atoms with Crippen LogP contribution in [0.3, 0.4) is 0 Å². The van der Waals surface area contributed by atoms with E-state index in [-0.39, 0.29) is 22.1 Å². The van der Waals surface area contributed by atoms with E-state index in [0.29, 0.717) is 21.6 Å². The first-order valence-corrected chi connectivity index (χ1v) is 11.6. The quantitative estimate of drug-likeness (QED) is 0.623. The van der Waals surface area contributed by atoms with Gasteiger partial charge in [0, 0.05) is 10.4 Å². The molecule has 0 saturated carbocycles. The number of nitrogens with one attached hydrogen (secondary N) is 1. The Kier molecular flexibility index (Phi) is 4.84. The summed E-state index contributed by atoms with van der Waals surface area (Å²) in [6.07, 6.45) is 5.00. The fourth-order valence-corrected chi connectivity index (χ4v) is 5.42. The smallest absolute Gasteiger partial charge is 0.306 e. The molecule has 3 aromatic rings. The average molecular weight is 441 g/mol. The number of benzene rings is 1. The van der Waals surface area contributed by atoms with Gasteiger partial charge in [-0.2, -0.15) is 8.42 Å². The van der Waals surface area contributed by atoms with Gasteiger partial charge in [-0.25, -0.2) is 4.98 Å². The van der Waals surface area contributed by atoms with Gasteiger partial charge in [-0.15, -0.1) is 11.3 Å². The van der Waals surface area contributed by atoms with E-state index < -0.39 is 10.1 Å². The van der Waals surface area contributed by atoms with E-state index in [1.165, 1.54) is 24.1 Å². The minimum Gasteiger partial charge on any atom is -0.493 e. The second-order valence-electron chi connectivity index (χ2n) is 6.58. The first-order valence-electron chi connectivity index (χ1n) is 8.59. The van der Waals surface area contributed by atoms with Crippen molar-refractivity contribution >= 4 is 43.3 Å². The second kappa shape index (κ2) is 7.06. The number of H-pyrrole nitrogens is 1. The number of aromatic amines is 1. The fraction of sp³-hybridized carbons (Fsp3) is 0.333. The summed E-state index contributed by atoms with van der Waals surface area (Å²) in [4.78, 5) is 22.1. The van der Waals surface area contributed by atoms with Crippen LogP contribution in [-0.4, -0.2) is 31.8 Å². The van der Waals surface area contributed by atoms with Crippen LogP contribution < -0.4 is 14.5 Å². The Morgan fingerprint density at radius 2 is 2.00 bits per heavy atom. The van der Waals surface area contributed by atoms with Gasteiger partial charge in [-0.1, -0.05) is 11.6 Å². The molecule has 0 unspecified atom stereocenters. The Hall–Kier alpha value is -2.10. The molecule has 7 nitrogen and oxygen atoms in total. The molecule has 0 radical (unpaired) electrons. The van der Waals surface area contributed by atoms with Crippen molar-refractivity contribution in [3.63, 3.8) is 0 Å². The van der Waals surface area contributed by atoms with Gasteiger partial charge in [0.15, 0.2) is 5.75 Å². The first-order chi connectivity index (χ1) is 13.3. The van der Waals surface area contributed by atoms with Crippen LogP contribution in [0, 0.1) is 0 Å². The molecule has 1 N–H and O–H groups in total. The molecule has 1 aromatic carbocycles. The van der Waals surface area contributed by atoms with Crippen LogP contribution in [0.2, 0.25) is 5.02 Å². The molecule has 0 atom stereocenters. The van der Waals surface area contributed by atoms with Gasteiger partial charge < -0.3 is 13.9 Å². The third-order valence-electron chi connectivity index (χ3n) is 4.56. The van der Waals surface area contributed by atoms with Gasteiger partial charge in [0.1, 0.15) is 10.7 Å². The summed E-state index contributed by atoms with van der Waals surface area (Å²) >= 11 is 7.77. The Labute approximate surface area is 170 Å². The van der Waals surface area contributed by atoms with Crippen molar-refractivity contribution in [2.45, 2.75) is 25.7 Å². The average Bonchev–Trinajstić information content (AvgIpc) is 3.01.